The van der Waals surface area contributed by atoms with E-state index in [-0.39, 0.29) is 17.2 Å². The Bertz CT molecular complexity index is 557. The molecule has 1 aromatic heterocycles. The van der Waals surface area contributed by atoms with Crippen LogP contribution in [0.3, 0.4) is 0 Å². The summed E-state index contributed by atoms with van der Waals surface area (Å²) in [4.78, 5) is 17.5. The molecule has 0 saturated heterocycles. The average Bonchev–Trinajstić information content (AvgIpc) is 2.81. The van der Waals surface area contributed by atoms with E-state index in [1.165, 1.54) is 22.3 Å². The van der Waals surface area contributed by atoms with Gasteiger partial charge in [0.1, 0.15) is 11.6 Å². The van der Waals surface area contributed by atoms with Gasteiger partial charge in [0.25, 0.3) is 5.91 Å². The highest BCUT2D eigenvalue weighted by atomic mass is 32.1. The molecular formula is C12H11FN2O2S. The van der Waals surface area contributed by atoms with E-state index in [1.54, 1.807) is 12.6 Å². The maximum Gasteiger partial charge on any atom is 0.257 e. The Morgan fingerprint density at radius 1 is 1.56 bits per heavy atom. The minimum atomic E-state index is -0.578. The maximum atomic E-state index is 12.8. The van der Waals surface area contributed by atoms with Crippen molar-refractivity contribution in [1.82, 2.24) is 9.88 Å². The Morgan fingerprint density at radius 3 is 2.94 bits per heavy atom. The van der Waals surface area contributed by atoms with Crippen molar-refractivity contribution in [3.63, 3.8) is 0 Å². The van der Waals surface area contributed by atoms with Crippen LogP contribution >= 0.6 is 11.3 Å². The zero-order valence-corrected chi connectivity index (χ0v) is 10.4. The number of amides is 1. The van der Waals surface area contributed by atoms with E-state index in [2.05, 4.69) is 4.98 Å². The normalized spacial score (nSPS) is 10.3. The fraction of sp³-hybridized carbons (Fsp3) is 0.167. The molecule has 0 bridgehead atoms. The summed E-state index contributed by atoms with van der Waals surface area (Å²) in [6, 6.07) is 3.33. The van der Waals surface area contributed by atoms with Crippen LogP contribution < -0.4 is 0 Å². The van der Waals surface area contributed by atoms with Crippen LogP contribution in [0.2, 0.25) is 0 Å². The molecule has 0 unspecified atom stereocenters. The largest absolute Gasteiger partial charge is 0.507 e. The van der Waals surface area contributed by atoms with E-state index in [1.807, 2.05) is 5.38 Å². The minimum absolute atomic E-state index is 0.0779. The smallest absolute Gasteiger partial charge is 0.257 e. The second-order valence-corrected chi connectivity index (χ2v) is 4.52. The van der Waals surface area contributed by atoms with Gasteiger partial charge in [0.2, 0.25) is 0 Å². The molecule has 1 amide bonds. The Balaban J connectivity index is 2.15. The van der Waals surface area contributed by atoms with E-state index in [4.69, 9.17) is 0 Å². The molecule has 1 aromatic carbocycles. The molecule has 0 aliphatic heterocycles. The van der Waals surface area contributed by atoms with Crippen molar-refractivity contribution in [2.45, 2.75) is 6.54 Å². The van der Waals surface area contributed by atoms with Crippen LogP contribution in [-0.2, 0) is 6.54 Å². The van der Waals surface area contributed by atoms with Crippen molar-refractivity contribution in [3.05, 3.63) is 46.2 Å². The summed E-state index contributed by atoms with van der Waals surface area (Å²) >= 11 is 1.45. The number of aromatic nitrogens is 1. The third-order valence-corrected chi connectivity index (χ3v) is 3.05. The van der Waals surface area contributed by atoms with Gasteiger partial charge in [0.15, 0.2) is 0 Å². The molecule has 0 aliphatic carbocycles. The van der Waals surface area contributed by atoms with Gasteiger partial charge in [-0.15, -0.1) is 11.3 Å². The molecule has 0 spiro atoms. The predicted octanol–water partition coefficient (Wildman–Crippen LogP) is 2.26. The molecule has 0 atom stereocenters. The fourth-order valence-electron chi connectivity index (χ4n) is 1.52. The lowest BCUT2D eigenvalue weighted by Crippen LogP contribution is -2.26. The minimum Gasteiger partial charge on any atom is -0.507 e. The summed E-state index contributed by atoms with van der Waals surface area (Å²) in [5.74, 6) is -1.31. The van der Waals surface area contributed by atoms with Crippen molar-refractivity contribution in [1.29, 1.82) is 0 Å². The number of phenols is 1. The standard InChI is InChI=1S/C12H11FN2O2S/c1-15(5-9-6-18-7-14-9)12(17)10-3-2-8(13)4-11(10)16/h2-4,6-7,16H,5H2,1H3. The van der Waals surface area contributed by atoms with Crippen LogP contribution in [0.5, 0.6) is 5.75 Å². The topological polar surface area (TPSA) is 53.4 Å². The molecule has 1 heterocycles. The highest BCUT2D eigenvalue weighted by Gasteiger charge is 2.16. The molecule has 0 aliphatic rings. The van der Waals surface area contributed by atoms with Crippen molar-refractivity contribution in [2.24, 2.45) is 0 Å². The van der Waals surface area contributed by atoms with Crippen LogP contribution in [-0.4, -0.2) is 27.9 Å². The second-order valence-electron chi connectivity index (χ2n) is 3.80. The van der Waals surface area contributed by atoms with Crippen LogP contribution in [0.4, 0.5) is 4.39 Å². The van der Waals surface area contributed by atoms with E-state index >= 15 is 0 Å². The number of carbonyl (C=O) groups excluding carboxylic acids is 1. The molecule has 2 rings (SSSR count). The first kappa shape index (κ1) is 12.5. The van der Waals surface area contributed by atoms with E-state index in [9.17, 15) is 14.3 Å². The fourth-order valence-corrected chi connectivity index (χ4v) is 2.07. The average molecular weight is 266 g/mol. The zero-order chi connectivity index (χ0) is 13.1. The van der Waals surface area contributed by atoms with Crippen molar-refractivity contribution in [3.8, 4) is 5.75 Å². The Hall–Kier alpha value is -1.95. The Morgan fingerprint density at radius 2 is 2.33 bits per heavy atom. The summed E-state index contributed by atoms with van der Waals surface area (Å²) in [6.45, 7) is 0.346. The van der Waals surface area contributed by atoms with Gasteiger partial charge in [-0.1, -0.05) is 0 Å². The number of hydrogen-bond donors (Lipinski definition) is 1. The van der Waals surface area contributed by atoms with Gasteiger partial charge in [-0.05, 0) is 12.1 Å². The second kappa shape index (κ2) is 5.14. The van der Waals surface area contributed by atoms with Gasteiger partial charge in [0.05, 0.1) is 23.3 Å². The Kier molecular flexibility index (Phi) is 3.57. The predicted molar refractivity (Wildman–Crippen MR) is 66.0 cm³/mol. The first-order valence-electron chi connectivity index (χ1n) is 5.19. The number of carbonyl (C=O) groups is 1. The van der Waals surface area contributed by atoms with Crippen LogP contribution in [0, 0.1) is 5.82 Å². The number of hydrogen-bond acceptors (Lipinski definition) is 4. The quantitative estimate of drug-likeness (QED) is 0.927. The molecule has 0 radical (unpaired) electrons. The summed E-state index contributed by atoms with van der Waals surface area (Å²) in [7, 11) is 1.60. The third-order valence-electron chi connectivity index (χ3n) is 2.42. The van der Waals surface area contributed by atoms with Gasteiger partial charge in [0, 0.05) is 18.5 Å². The highest BCUT2D eigenvalue weighted by molar-refractivity contribution is 7.07. The molecule has 6 heteroatoms. The first-order chi connectivity index (χ1) is 8.58. The molecule has 4 nitrogen and oxygen atoms in total. The molecule has 0 saturated carbocycles. The van der Waals surface area contributed by atoms with Gasteiger partial charge in [-0.25, -0.2) is 9.37 Å². The lowest BCUT2D eigenvalue weighted by molar-refractivity contribution is 0.0780. The number of benzene rings is 1. The van der Waals surface area contributed by atoms with Gasteiger partial charge in [-0.3, -0.25) is 4.79 Å². The van der Waals surface area contributed by atoms with Gasteiger partial charge in [-0.2, -0.15) is 0 Å². The number of thiazole rings is 1. The Labute approximate surface area is 107 Å². The molecule has 18 heavy (non-hydrogen) atoms. The number of phenolic OH excluding ortho intramolecular Hbond substituents is 1. The molecule has 94 valence electrons. The van der Waals surface area contributed by atoms with Gasteiger partial charge < -0.3 is 10.0 Å². The van der Waals surface area contributed by atoms with E-state index in [0.29, 0.717) is 6.54 Å². The molecule has 0 fully saturated rings. The monoisotopic (exact) mass is 266 g/mol. The number of halogens is 1. The van der Waals surface area contributed by atoms with Crippen molar-refractivity contribution in [2.75, 3.05) is 7.05 Å². The lowest BCUT2D eigenvalue weighted by Gasteiger charge is -2.16. The van der Waals surface area contributed by atoms with Crippen LogP contribution in [0.15, 0.2) is 29.1 Å². The number of aromatic hydroxyl groups is 1. The molecule has 1 N–H and O–H groups in total. The molecular weight excluding hydrogens is 255 g/mol. The summed E-state index contributed by atoms with van der Waals surface area (Å²) in [6.07, 6.45) is 0. The van der Waals surface area contributed by atoms with Gasteiger partial charge >= 0.3 is 0 Å². The lowest BCUT2D eigenvalue weighted by atomic mass is 10.1. The first-order valence-corrected chi connectivity index (χ1v) is 6.13. The maximum absolute atomic E-state index is 12.8. The van der Waals surface area contributed by atoms with Crippen LogP contribution in [0.25, 0.3) is 0 Å². The van der Waals surface area contributed by atoms with Crippen LogP contribution in [0.1, 0.15) is 16.1 Å². The highest BCUT2D eigenvalue weighted by Crippen LogP contribution is 2.20. The number of rotatable bonds is 3. The summed E-state index contributed by atoms with van der Waals surface area (Å²) in [5, 5.41) is 11.4. The van der Waals surface area contributed by atoms with E-state index in [0.717, 1.165) is 17.8 Å². The number of nitrogens with zero attached hydrogens (tertiary/aromatic N) is 2. The van der Waals surface area contributed by atoms with Crippen molar-refractivity contribution < 1.29 is 14.3 Å². The SMILES string of the molecule is CN(Cc1cscn1)C(=O)c1ccc(F)cc1O. The van der Waals surface area contributed by atoms with Crippen molar-refractivity contribution >= 4 is 17.2 Å². The third kappa shape index (κ3) is 2.65. The molecule has 2 aromatic rings. The zero-order valence-electron chi connectivity index (χ0n) is 9.63. The summed E-state index contributed by atoms with van der Waals surface area (Å²) < 4.78 is 12.8. The summed E-state index contributed by atoms with van der Waals surface area (Å²) in [5.41, 5.74) is 2.54. The van der Waals surface area contributed by atoms with E-state index < -0.39 is 5.82 Å².